The molecule has 2 aliphatic heterocycles. The van der Waals surface area contributed by atoms with Crippen LogP contribution in [-0.2, 0) is 4.74 Å². The van der Waals surface area contributed by atoms with Crippen molar-refractivity contribution in [2.45, 2.75) is 38.0 Å². The molecule has 2 aliphatic rings. The van der Waals surface area contributed by atoms with Gasteiger partial charge in [0.25, 0.3) is 0 Å². The fourth-order valence-corrected chi connectivity index (χ4v) is 2.96. The van der Waals surface area contributed by atoms with Crippen molar-refractivity contribution in [3.8, 4) is 0 Å². The van der Waals surface area contributed by atoms with E-state index in [1.807, 2.05) is 0 Å². The molecule has 2 nitrogen and oxygen atoms in total. The van der Waals surface area contributed by atoms with E-state index < -0.39 is 0 Å². The fourth-order valence-electron chi connectivity index (χ4n) is 2.96. The lowest BCUT2D eigenvalue weighted by molar-refractivity contribution is -0.137. The first kappa shape index (κ1) is 10.3. The van der Waals surface area contributed by atoms with E-state index in [4.69, 9.17) is 4.74 Å². The molecule has 0 aliphatic carbocycles. The van der Waals surface area contributed by atoms with Crippen LogP contribution in [0.15, 0.2) is 30.3 Å². The Kier molecular flexibility index (Phi) is 2.70. The summed E-state index contributed by atoms with van der Waals surface area (Å²) in [6.07, 6.45) is 3.23. The highest BCUT2D eigenvalue weighted by Gasteiger charge is 2.36. The average Bonchev–Trinajstić information content (AvgIpc) is 2.35. The topological polar surface area (TPSA) is 12.5 Å². The van der Waals surface area contributed by atoms with E-state index in [9.17, 15) is 0 Å². The summed E-state index contributed by atoms with van der Waals surface area (Å²) in [6, 6.07) is 11.2. The molecule has 0 N–H and O–H groups in total. The highest BCUT2D eigenvalue weighted by atomic mass is 16.5. The third-order valence-electron chi connectivity index (χ3n) is 3.89. The number of piperidine rings is 1. The second-order valence-corrected chi connectivity index (χ2v) is 4.97. The van der Waals surface area contributed by atoms with E-state index in [1.165, 1.54) is 24.9 Å². The van der Waals surface area contributed by atoms with Gasteiger partial charge in [-0.1, -0.05) is 30.3 Å². The third-order valence-corrected chi connectivity index (χ3v) is 3.89. The zero-order valence-electron chi connectivity index (χ0n) is 9.80. The minimum Gasteiger partial charge on any atom is -0.367 e. The van der Waals surface area contributed by atoms with Gasteiger partial charge in [-0.25, -0.2) is 0 Å². The molecule has 4 atom stereocenters. The van der Waals surface area contributed by atoms with Crippen LogP contribution >= 0.6 is 0 Å². The van der Waals surface area contributed by atoms with Crippen LogP contribution in [0.5, 0.6) is 0 Å². The van der Waals surface area contributed by atoms with E-state index >= 15 is 0 Å². The highest BCUT2D eigenvalue weighted by Crippen LogP contribution is 2.34. The molecule has 0 aromatic heterocycles. The fraction of sp³-hybridized carbons (Fsp3) is 0.571. The molecule has 0 amide bonds. The number of hydrogen-bond acceptors (Lipinski definition) is 2. The molecule has 2 saturated heterocycles. The Morgan fingerprint density at radius 1 is 1.25 bits per heavy atom. The quantitative estimate of drug-likeness (QED) is 0.717. The molecular formula is C14H19NO. The minimum absolute atomic E-state index is 0.264. The van der Waals surface area contributed by atoms with Gasteiger partial charge in [-0.2, -0.15) is 0 Å². The maximum absolute atomic E-state index is 6.21. The van der Waals surface area contributed by atoms with Crippen LogP contribution in [0, 0.1) is 0 Å². The van der Waals surface area contributed by atoms with Gasteiger partial charge in [-0.15, -0.1) is 0 Å². The van der Waals surface area contributed by atoms with Gasteiger partial charge in [0.1, 0.15) is 0 Å². The van der Waals surface area contributed by atoms with Crippen molar-refractivity contribution in [2.75, 3.05) is 13.1 Å². The van der Waals surface area contributed by atoms with Crippen LogP contribution in [0.1, 0.15) is 31.4 Å². The van der Waals surface area contributed by atoms with Gasteiger partial charge in [0.05, 0.1) is 12.2 Å². The predicted octanol–water partition coefficient (Wildman–Crippen LogP) is 2.61. The molecule has 2 bridgehead atoms. The molecule has 2 heterocycles. The van der Waals surface area contributed by atoms with Crippen molar-refractivity contribution in [1.29, 1.82) is 0 Å². The Labute approximate surface area is 97.2 Å². The number of nitrogens with zero attached hydrogens (tertiary/aromatic N) is 1. The second kappa shape index (κ2) is 4.19. The molecule has 86 valence electrons. The Hall–Kier alpha value is -0.860. The van der Waals surface area contributed by atoms with E-state index in [-0.39, 0.29) is 6.10 Å². The van der Waals surface area contributed by atoms with Gasteiger partial charge < -0.3 is 4.74 Å². The van der Waals surface area contributed by atoms with Crippen LogP contribution in [0.25, 0.3) is 0 Å². The first-order valence-corrected chi connectivity index (χ1v) is 6.29. The maximum Gasteiger partial charge on any atom is 0.0981 e. The Morgan fingerprint density at radius 3 is 2.88 bits per heavy atom. The van der Waals surface area contributed by atoms with Crippen LogP contribution in [0.4, 0.5) is 0 Å². The number of rotatable bonds is 1. The van der Waals surface area contributed by atoms with Gasteiger partial charge in [-0.3, -0.25) is 4.90 Å². The van der Waals surface area contributed by atoms with Crippen molar-refractivity contribution >= 4 is 0 Å². The minimum atomic E-state index is 0.264. The van der Waals surface area contributed by atoms with Crippen LogP contribution in [0.3, 0.4) is 0 Å². The predicted molar refractivity (Wildman–Crippen MR) is 64.3 cm³/mol. The smallest absolute Gasteiger partial charge is 0.0981 e. The monoisotopic (exact) mass is 217 g/mol. The molecule has 1 unspecified atom stereocenters. The molecule has 0 spiro atoms. The number of ether oxygens (including phenoxy) is 1. The SMILES string of the molecule is C[C@H]1[C@H](c2ccccc2)O[C@@H]2CCCN1C2. The van der Waals surface area contributed by atoms with Gasteiger partial charge in [0, 0.05) is 12.6 Å². The normalized spacial score (nSPS) is 38.3. The zero-order valence-corrected chi connectivity index (χ0v) is 9.80. The summed E-state index contributed by atoms with van der Waals surface area (Å²) >= 11 is 0. The molecule has 0 radical (unpaired) electrons. The van der Waals surface area contributed by atoms with Crippen LogP contribution < -0.4 is 0 Å². The lowest BCUT2D eigenvalue weighted by Gasteiger charge is -2.46. The van der Waals surface area contributed by atoms with Gasteiger partial charge in [-0.05, 0) is 31.9 Å². The summed E-state index contributed by atoms with van der Waals surface area (Å²) in [6.45, 7) is 4.66. The van der Waals surface area contributed by atoms with E-state index in [2.05, 4.69) is 42.2 Å². The first-order valence-electron chi connectivity index (χ1n) is 6.29. The van der Waals surface area contributed by atoms with Crippen molar-refractivity contribution in [3.63, 3.8) is 0 Å². The standard InChI is InChI=1S/C14H19NO/c1-11-14(12-6-3-2-4-7-12)16-13-8-5-9-15(11)10-13/h2-4,6-7,11,13-14H,5,8-10H2,1H3/t11-,13+,14+/m0/s1. The Balaban J connectivity index is 1.85. The molecule has 2 fully saturated rings. The van der Waals surface area contributed by atoms with Crippen molar-refractivity contribution in [1.82, 2.24) is 4.90 Å². The number of morpholine rings is 1. The lowest BCUT2D eigenvalue weighted by atomic mass is 9.95. The molecule has 3 rings (SSSR count). The van der Waals surface area contributed by atoms with Crippen molar-refractivity contribution in [2.24, 2.45) is 0 Å². The molecular weight excluding hydrogens is 198 g/mol. The Morgan fingerprint density at radius 2 is 2.06 bits per heavy atom. The van der Waals surface area contributed by atoms with E-state index in [0.717, 1.165) is 6.54 Å². The summed E-state index contributed by atoms with van der Waals surface area (Å²) in [5, 5.41) is 0. The number of benzene rings is 1. The summed E-state index contributed by atoms with van der Waals surface area (Å²) in [4.78, 5) is 2.58. The summed E-state index contributed by atoms with van der Waals surface area (Å²) in [5.41, 5.74) is 1.33. The van der Waals surface area contributed by atoms with Crippen molar-refractivity contribution < 1.29 is 4.74 Å². The molecule has 16 heavy (non-hydrogen) atoms. The third kappa shape index (κ3) is 1.76. The van der Waals surface area contributed by atoms with Gasteiger partial charge in [0.2, 0.25) is 0 Å². The van der Waals surface area contributed by atoms with Crippen molar-refractivity contribution in [3.05, 3.63) is 35.9 Å². The van der Waals surface area contributed by atoms with Crippen LogP contribution in [-0.4, -0.2) is 30.1 Å². The maximum atomic E-state index is 6.21. The zero-order chi connectivity index (χ0) is 11.0. The van der Waals surface area contributed by atoms with Crippen LogP contribution in [0.2, 0.25) is 0 Å². The average molecular weight is 217 g/mol. The number of fused-ring (bicyclic) bond motifs is 2. The summed E-state index contributed by atoms with van der Waals surface area (Å²) in [7, 11) is 0. The molecule has 0 saturated carbocycles. The van der Waals surface area contributed by atoms with E-state index in [0.29, 0.717) is 12.1 Å². The summed E-state index contributed by atoms with van der Waals surface area (Å²) in [5.74, 6) is 0. The molecule has 1 aromatic carbocycles. The lowest BCUT2D eigenvalue weighted by Crippen LogP contribution is -2.52. The highest BCUT2D eigenvalue weighted by molar-refractivity contribution is 5.20. The van der Waals surface area contributed by atoms with Gasteiger partial charge in [0.15, 0.2) is 0 Å². The first-order chi connectivity index (χ1) is 7.84. The second-order valence-electron chi connectivity index (χ2n) is 4.97. The van der Waals surface area contributed by atoms with Gasteiger partial charge >= 0.3 is 0 Å². The Bertz CT molecular complexity index is 351. The van der Waals surface area contributed by atoms with E-state index in [1.54, 1.807) is 0 Å². The molecule has 2 heteroatoms. The summed E-state index contributed by atoms with van der Waals surface area (Å²) < 4.78 is 6.21. The molecule has 1 aromatic rings. The number of hydrogen-bond donors (Lipinski definition) is 0. The largest absolute Gasteiger partial charge is 0.367 e.